The van der Waals surface area contributed by atoms with Gasteiger partial charge in [0.1, 0.15) is 0 Å². The Morgan fingerprint density at radius 3 is 2.79 bits per heavy atom. The summed E-state index contributed by atoms with van der Waals surface area (Å²) < 4.78 is 5.28. The molecule has 0 aromatic rings. The molecule has 0 unspecified atom stereocenters. The molecular weight excluding hydrogens is 202 g/mol. The molecule has 3 nitrogen and oxygen atoms in total. The van der Waals surface area contributed by atoms with Crippen molar-refractivity contribution in [1.29, 1.82) is 0 Å². The molecule has 1 saturated heterocycles. The zero-order valence-electron chi connectivity index (χ0n) is 8.16. The lowest BCUT2D eigenvalue weighted by molar-refractivity contribution is -0.0122. The van der Waals surface area contributed by atoms with Crippen LogP contribution in [0.25, 0.3) is 0 Å². The van der Waals surface area contributed by atoms with Gasteiger partial charge in [-0.15, -0.1) is 0 Å². The standard InChI is InChI=1S/C10H16ClNO2/c11-8-2-1-3-9(13)10(8)12-4-6-14-7-5-12/h2,9-10,13H,1,3-7H2/t9-,10-/m0/s1. The van der Waals surface area contributed by atoms with E-state index in [0.717, 1.165) is 44.2 Å². The van der Waals surface area contributed by atoms with Crippen molar-refractivity contribution >= 4 is 11.6 Å². The van der Waals surface area contributed by atoms with Crippen LogP contribution in [-0.4, -0.2) is 48.5 Å². The van der Waals surface area contributed by atoms with Gasteiger partial charge in [0.05, 0.1) is 25.4 Å². The zero-order chi connectivity index (χ0) is 9.97. The van der Waals surface area contributed by atoms with E-state index in [1.54, 1.807) is 0 Å². The van der Waals surface area contributed by atoms with Crippen LogP contribution in [0.1, 0.15) is 12.8 Å². The van der Waals surface area contributed by atoms with E-state index in [9.17, 15) is 5.11 Å². The quantitative estimate of drug-likeness (QED) is 0.711. The van der Waals surface area contributed by atoms with Gasteiger partial charge in [-0.25, -0.2) is 0 Å². The Kier molecular flexibility index (Phi) is 3.44. The summed E-state index contributed by atoms with van der Waals surface area (Å²) in [7, 11) is 0. The number of allylic oxidation sites excluding steroid dienone is 1. The fraction of sp³-hybridized carbons (Fsp3) is 0.800. The van der Waals surface area contributed by atoms with Crippen LogP contribution in [0.2, 0.25) is 0 Å². The number of hydrogen-bond donors (Lipinski definition) is 1. The second-order valence-corrected chi connectivity index (χ2v) is 4.26. The average molecular weight is 218 g/mol. The van der Waals surface area contributed by atoms with Crippen LogP contribution >= 0.6 is 11.6 Å². The summed E-state index contributed by atoms with van der Waals surface area (Å²) in [6.07, 6.45) is 3.42. The summed E-state index contributed by atoms with van der Waals surface area (Å²) in [4.78, 5) is 2.21. The Hall–Kier alpha value is -0.0900. The first-order chi connectivity index (χ1) is 6.79. The van der Waals surface area contributed by atoms with Crippen molar-refractivity contribution < 1.29 is 9.84 Å². The molecule has 14 heavy (non-hydrogen) atoms. The minimum atomic E-state index is -0.314. The number of nitrogens with zero attached hydrogens (tertiary/aromatic N) is 1. The number of aliphatic hydroxyl groups excluding tert-OH is 1. The van der Waals surface area contributed by atoms with Crippen LogP contribution in [0.4, 0.5) is 0 Å². The Bertz CT molecular complexity index is 226. The van der Waals surface area contributed by atoms with Gasteiger partial charge in [0.25, 0.3) is 0 Å². The van der Waals surface area contributed by atoms with E-state index >= 15 is 0 Å². The van der Waals surface area contributed by atoms with Gasteiger partial charge in [-0.05, 0) is 12.8 Å². The lowest BCUT2D eigenvalue weighted by Crippen LogP contribution is -2.50. The number of hydrogen-bond acceptors (Lipinski definition) is 3. The van der Waals surface area contributed by atoms with E-state index in [4.69, 9.17) is 16.3 Å². The topological polar surface area (TPSA) is 32.7 Å². The van der Waals surface area contributed by atoms with E-state index in [1.807, 2.05) is 6.08 Å². The third-order valence-electron chi connectivity index (χ3n) is 2.89. The zero-order valence-corrected chi connectivity index (χ0v) is 8.91. The second-order valence-electron chi connectivity index (χ2n) is 3.83. The summed E-state index contributed by atoms with van der Waals surface area (Å²) in [5.74, 6) is 0. The molecule has 4 heteroatoms. The molecule has 0 bridgehead atoms. The van der Waals surface area contributed by atoms with Crippen molar-refractivity contribution in [2.24, 2.45) is 0 Å². The SMILES string of the molecule is O[C@H]1CCC=C(Cl)[C@@H]1N1CCOCC1. The third kappa shape index (κ3) is 2.11. The van der Waals surface area contributed by atoms with E-state index in [0.29, 0.717) is 0 Å². The highest BCUT2D eigenvalue weighted by Crippen LogP contribution is 2.27. The Balaban J connectivity index is 2.05. The number of ether oxygens (including phenoxy) is 1. The van der Waals surface area contributed by atoms with Crippen LogP contribution in [0, 0.1) is 0 Å². The largest absolute Gasteiger partial charge is 0.391 e. The van der Waals surface area contributed by atoms with Crippen LogP contribution in [-0.2, 0) is 4.74 Å². The van der Waals surface area contributed by atoms with E-state index < -0.39 is 0 Å². The summed E-state index contributed by atoms with van der Waals surface area (Å²) in [5, 5.41) is 10.7. The Labute approximate surface area is 89.3 Å². The molecule has 80 valence electrons. The molecule has 1 aliphatic heterocycles. The highest BCUT2D eigenvalue weighted by Gasteiger charge is 2.31. The molecule has 0 spiro atoms. The van der Waals surface area contributed by atoms with Gasteiger partial charge in [0.2, 0.25) is 0 Å². The molecular formula is C10H16ClNO2. The molecule has 1 heterocycles. The van der Waals surface area contributed by atoms with Crippen molar-refractivity contribution in [2.75, 3.05) is 26.3 Å². The first-order valence-electron chi connectivity index (χ1n) is 5.14. The van der Waals surface area contributed by atoms with Crippen molar-refractivity contribution in [3.63, 3.8) is 0 Å². The minimum Gasteiger partial charge on any atom is -0.391 e. The Morgan fingerprint density at radius 2 is 2.14 bits per heavy atom. The maximum atomic E-state index is 9.88. The van der Waals surface area contributed by atoms with Crippen LogP contribution in [0.5, 0.6) is 0 Å². The lowest BCUT2D eigenvalue weighted by Gasteiger charge is -2.38. The summed E-state index contributed by atoms with van der Waals surface area (Å²) in [6, 6.07) is 0.00863. The predicted octanol–water partition coefficient (Wildman–Crippen LogP) is 0.965. The number of aliphatic hydroxyl groups is 1. The smallest absolute Gasteiger partial charge is 0.0748 e. The Morgan fingerprint density at radius 1 is 1.43 bits per heavy atom. The molecule has 0 saturated carbocycles. The van der Waals surface area contributed by atoms with E-state index in [1.165, 1.54) is 0 Å². The monoisotopic (exact) mass is 217 g/mol. The predicted molar refractivity (Wildman–Crippen MR) is 55.4 cm³/mol. The molecule has 1 N–H and O–H groups in total. The van der Waals surface area contributed by atoms with E-state index in [-0.39, 0.29) is 12.1 Å². The highest BCUT2D eigenvalue weighted by molar-refractivity contribution is 6.30. The molecule has 0 radical (unpaired) electrons. The van der Waals surface area contributed by atoms with Gasteiger partial charge in [0, 0.05) is 18.1 Å². The molecule has 2 atom stereocenters. The van der Waals surface area contributed by atoms with Gasteiger partial charge < -0.3 is 9.84 Å². The van der Waals surface area contributed by atoms with Crippen LogP contribution < -0.4 is 0 Å². The van der Waals surface area contributed by atoms with Gasteiger partial charge in [-0.3, -0.25) is 4.90 Å². The fourth-order valence-corrected chi connectivity index (χ4v) is 2.52. The molecule has 0 amide bonds. The van der Waals surface area contributed by atoms with Gasteiger partial charge in [-0.2, -0.15) is 0 Å². The first-order valence-corrected chi connectivity index (χ1v) is 5.52. The van der Waals surface area contributed by atoms with E-state index in [2.05, 4.69) is 4.90 Å². The van der Waals surface area contributed by atoms with Crippen molar-refractivity contribution in [3.8, 4) is 0 Å². The van der Waals surface area contributed by atoms with Gasteiger partial charge in [-0.1, -0.05) is 17.7 Å². The minimum absolute atomic E-state index is 0.00863. The number of morpholine rings is 1. The summed E-state index contributed by atoms with van der Waals surface area (Å²) in [6.45, 7) is 3.22. The molecule has 1 fully saturated rings. The van der Waals surface area contributed by atoms with Crippen molar-refractivity contribution in [3.05, 3.63) is 11.1 Å². The third-order valence-corrected chi connectivity index (χ3v) is 3.27. The van der Waals surface area contributed by atoms with Crippen LogP contribution in [0.3, 0.4) is 0 Å². The summed E-state index contributed by atoms with van der Waals surface area (Å²) >= 11 is 6.13. The number of halogens is 1. The average Bonchev–Trinajstić information content (AvgIpc) is 2.19. The van der Waals surface area contributed by atoms with Crippen molar-refractivity contribution in [1.82, 2.24) is 4.90 Å². The lowest BCUT2D eigenvalue weighted by atomic mass is 9.97. The molecule has 1 aliphatic carbocycles. The first kappa shape index (κ1) is 10.4. The molecule has 2 aliphatic rings. The highest BCUT2D eigenvalue weighted by atomic mass is 35.5. The molecule has 0 aromatic heterocycles. The van der Waals surface area contributed by atoms with Gasteiger partial charge in [0.15, 0.2) is 0 Å². The normalized spacial score (nSPS) is 35.4. The maximum Gasteiger partial charge on any atom is 0.0748 e. The fourth-order valence-electron chi connectivity index (χ4n) is 2.13. The number of rotatable bonds is 1. The van der Waals surface area contributed by atoms with Crippen LogP contribution in [0.15, 0.2) is 11.1 Å². The van der Waals surface area contributed by atoms with Gasteiger partial charge >= 0.3 is 0 Å². The van der Waals surface area contributed by atoms with Crippen molar-refractivity contribution in [2.45, 2.75) is 25.0 Å². The second kappa shape index (κ2) is 4.62. The summed E-state index contributed by atoms with van der Waals surface area (Å²) in [5.41, 5.74) is 0. The molecule has 0 aromatic carbocycles. The molecule has 2 rings (SSSR count). The maximum absolute atomic E-state index is 9.88.